The monoisotopic (exact) mass is 452 g/mol. The number of fused-ring (bicyclic) bond motifs is 1. The summed E-state index contributed by atoms with van der Waals surface area (Å²) in [7, 11) is 4.00. The zero-order valence-electron chi connectivity index (χ0n) is 19.0. The number of allylic oxidation sites excluding steroid dienone is 2. The molecule has 32 heavy (non-hydrogen) atoms. The van der Waals surface area contributed by atoms with Crippen LogP contribution < -0.4 is 0 Å². The van der Waals surface area contributed by atoms with Crippen molar-refractivity contribution in [3.05, 3.63) is 47.1 Å². The van der Waals surface area contributed by atoms with E-state index in [0.29, 0.717) is 22.1 Å². The number of aromatic nitrogens is 4. The summed E-state index contributed by atoms with van der Waals surface area (Å²) in [5.74, 6) is 0.00944. The highest BCUT2D eigenvalue weighted by Crippen LogP contribution is 2.35. The molecule has 3 aromatic rings. The molecule has 0 radical (unpaired) electrons. The maximum Gasteiger partial charge on any atom is 0.244 e. The van der Waals surface area contributed by atoms with Gasteiger partial charge in [0, 0.05) is 18.7 Å². The maximum absolute atomic E-state index is 13.2. The van der Waals surface area contributed by atoms with E-state index in [2.05, 4.69) is 22.1 Å². The Morgan fingerprint density at radius 3 is 2.56 bits per heavy atom. The Bertz CT molecular complexity index is 1150. The second-order valence-electron chi connectivity index (χ2n) is 8.44. The van der Waals surface area contributed by atoms with Gasteiger partial charge in [0.05, 0.1) is 10.4 Å². The summed E-state index contributed by atoms with van der Waals surface area (Å²) in [6.07, 6.45) is 3.91. The topological polar surface area (TPSA) is 67.2 Å². The van der Waals surface area contributed by atoms with Crippen LogP contribution in [-0.2, 0) is 11.3 Å². The molecule has 3 heterocycles. The van der Waals surface area contributed by atoms with Gasteiger partial charge in [0.1, 0.15) is 17.9 Å². The van der Waals surface area contributed by atoms with Crippen LogP contribution in [0.15, 0.2) is 36.4 Å². The van der Waals surface area contributed by atoms with Gasteiger partial charge < -0.3 is 9.80 Å². The Kier molecular flexibility index (Phi) is 6.58. The predicted molar refractivity (Wildman–Crippen MR) is 128 cm³/mol. The molecule has 1 aliphatic rings. The zero-order chi connectivity index (χ0) is 22.8. The van der Waals surface area contributed by atoms with Gasteiger partial charge in [0.15, 0.2) is 5.65 Å². The Hall–Kier alpha value is -2.77. The molecule has 1 fully saturated rings. The number of hydrogen-bond donors (Lipinski definition) is 0. The van der Waals surface area contributed by atoms with E-state index in [1.54, 1.807) is 4.68 Å². The molecule has 0 spiro atoms. The van der Waals surface area contributed by atoms with Gasteiger partial charge in [-0.15, -0.1) is 10.2 Å². The van der Waals surface area contributed by atoms with Crippen molar-refractivity contribution in [2.24, 2.45) is 0 Å². The van der Waals surface area contributed by atoms with Crippen molar-refractivity contribution < 1.29 is 4.79 Å². The molecule has 1 saturated heterocycles. The van der Waals surface area contributed by atoms with E-state index in [1.165, 1.54) is 0 Å². The Morgan fingerprint density at radius 2 is 1.91 bits per heavy atom. The van der Waals surface area contributed by atoms with Crippen molar-refractivity contribution in [2.75, 3.05) is 27.2 Å². The molecular weight excluding hydrogens is 424 g/mol. The number of nitrogens with zero attached hydrogens (tertiary/aromatic N) is 6. The molecule has 1 amide bonds. The van der Waals surface area contributed by atoms with Crippen LogP contribution in [-0.4, -0.2) is 68.9 Å². The number of hydrogen-bond acceptors (Lipinski definition) is 5. The van der Waals surface area contributed by atoms with E-state index in [-0.39, 0.29) is 18.5 Å². The fourth-order valence-corrected chi connectivity index (χ4v) is 4.50. The number of carbonyl (C=O) groups excluding carboxylic acids is 1. The molecule has 0 aliphatic carbocycles. The highest BCUT2D eigenvalue weighted by Gasteiger charge is 2.26. The first-order valence-corrected chi connectivity index (χ1v) is 11.3. The van der Waals surface area contributed by atoms with Gasteiger partial charge in [-0.2, -0.15) is 5.10 Å². The van der Waals surface area contributed by atoms with Crippen LogP contribution in [0, 0.1) is 0 Å². The van der Waals surface area contributed by atoms with Gasteiger partial charge in [0.2, 0.25) is 5.91 Å². The van der Waals surface area contributed by atoms with Gasteiger partial charge in [-0.1, -0.05) is 48.0 Å². The van der Waals surface area contributed by atoms with Crippen molar-refractivity contribution in [2.45, 2.75) is 39.3 Å². The van der Waals surface area contributed by atoms with Gasteiger partial charge in [-0.3, -0.25) is 4.79 Å². The van der Waals surface area contributed by atoms with Crippen LogP contribution in [0.2, 0.25) is 5.02 Å². The molecule has 0 saturated carbocycles. The van der Waals surface area contributed by atoms with Gasteiger partial charge in [-0.25, -0.2) is 4.68 Å². The summed E-state index contributed by atoms with van der Waals surface area (Å²) in [6.45, 7) is 5.99. The number of amides is 1. The van der Waals surface area contributed by atoms with Gasteiger partial charge in [0.25, 0.3) is 0 Å². The molecule has 1 aliphatic heterocycles. The van der Waals surface area contributed by atoms with Crippen molar-refractivity contribution in [1.82, 2.24) is 29.8 Å². The van der Waals surface area contributed by atoms with Crippen molar-refractivity contribution in [3.63, 3.8) is 0 Å². The van der Waals surface area contributed by atoms with E-state index < -0.39 is 0 Å². The van der Waals surface area contributed by atoms with Crippen molar-refractivity contribution in [3.8, 4) is 11.3 Å². The minimum Gasteiger partial charge on any atom is -0.341 e. The lowest BCUT2D eigenvalue weighted by molar-refractivity contribution is -0.133. The average molecular weight is 453 g/mol. The summed E-state index contributed by atoms with van der Waals surface area (Å²) in [5, 5.41) is 14.8. The fraction of sp³-hybridized carbons (Fsp3) is 0.417. The SMILES string of the molecule is CC=C(C)c1nnc2c(c(-c3ccccc3)nn2CC(=O)N(C)C2CCN(C)CC2)c1Cl. The van der Waals surface area contributed by atoms with Crippen LogP contribution in [0.5, 0.6) is 0 Å². The number of likely N-dealkylation sites (N-methyl/N-ethyl adjacent to an activating group) is 1. The van der Waals surface area contributed by atoms with E-state index >= 15 is 0 Å². The van der Waals surface area contributed by atoms with Crippen molar-refractivity contribution >= 4 is 34.1 Å². The first kappa shape index (κ1) is 22.4. The number of likely N-dealkylation sites (tertiary alicyclic amines) is 1. The quantitative estimate of drug-likeness (QED) is 0.582. The zero-order valence-corrected chi connectivity index (χ0v) is 19.8. The first-order valence-electron chi connectivity index (χ1n) is 11.0. The molecule has 0 N–H and O–H groups in total. The van der Waals surface area contributed by atoms with Crippen LogP contribution >= 0.6 is 11.6 Å². The second kappa shape index (κ2) is 9.38. The minimum atomic E-state index is 0.00944. The van der Waals surface area contributed by atoms with Crippen LogP contribution in [0.25, 0.3) is 27.9 Å². The van der Waals surface area contributed by atoms with E-state index in [9.17, 15) is 4.79 Å². The Morgan fingerprint density at radius 1 is 1.22 bits per heavy atom. The number of carbonyl (C=O) groups is 1. The lowest BCUT2D eigenvalue weighted by Crippen LogP contribution is -2.45. The van der Waals surface area contributed by atoms with E-state index in [0.717, 1.165) is 42.5 Å². The highest BCUT2D eigenvalue weighted by atomic mass is 35.5. The molecule has 8 heteroatoms. The summed E-state index contributed by atoms with van der Waals surface area (Å²) < 4.78 is 1.64. The van der Waals surface area contributed by atoms with Crippen LogP contribution in [0.1, 0.15) is 32.4 Å². The lowest BCUT2D eigenvalue weighted by Gasteiger charge is -2.35. The molecule has 1 aromatic carbocycles. The smallest absolute Gasteiger partial charge is 0.244 e. The van der Waals surface area contributed by atoms with E-state index in [4.69, 9.17) is 16.7 Å². The first-order chi connectivity index (χ1) is 15.4. The van der Waals surface area contributed by atoms with Gasteiger partial charge in [-0.05, 0) is 52.4 Å². The Labute approximate surface area is 193 Å². The standard InChI is InChI=1S/C24H29ClN6O/c1-5-16(2)22-21(25)20-23(17-9-7-6-8-10-17)28-31(24(20)27-26-22)15-19(32)30(4)18-11-13-29(3)14-12-18/h5-10,18H,11-15H2,1-4H3. The molecule has 0 bridgehead atoms. The normalized spacial score (nSPS) is 16.0. The minimum absolute atomic E-state index is 0.00944. The number of halogens is 1. The number of benzene rings is 1. The number of piperidine rings is 1. The van der Waals surface area contributed by atoms with Crippen molar-refractivity contribution in [1.29, 1.82) is 0 Å². The lowest BCUT2D eigenvalue weighted by atomic mass is 10.0. The predicted octanol–water partition coefficient (Wildman–Crippen LogP) is 4.12. The molecule has 4 rings (SSSR count). The maximum atomic E-state index is 13.2. The van der Waals surface area contributed by atoms with Gasteiger partial charge >= 0.3 is 0 Å². The highest BCUT2D eigenvalue weighted by molar-refractivity contribution is 6.37. The fourth-order valence-electron chi connectivity index (χ4n) is 4.14. The third-order valence-corrected chi connectivity index (χ3v) is 6.73. The average Bonchev–Trinajstić information content (AvgIpc) is 3.18. The third kappa shape index (κ3) is 4.27. The molecule has 7 nitrogen and oxygen atoms in total. The van der Waals surface area contributed by atoms with Crippen LogP contribution in [0.3, 0.4) is 0 Å². The second-order valence-corrected chi connectivity index (χ2v) is 8.82. The van der Waals surface area contributed by atoms with Crippen LogP contribution in [0.4, 0.5) is 0 Å². The Balaban J connectivity index is 1.73. The molecule has 2 aromatic heterocycles. The largest absolute Gasteiger partial charge is 0.341 e. The molecule has 0 atom stereocenters. The number of rotatable bonds is 5. The van der Waals surface area contributed by atoms with E-state index in [1.807, 2.05) is 62.2 Å². The summed E-state index contributed by atoms with van der Waals surface area (Å²) in [4.78, 5) is 17.3. The molecular formula is C24H29ClN6O. The molecule has 0 unspecified atom stereocenters. The third-order valence-electron chi connectivity index (χ3n) is 6.37. The summed E-state index contributed by atoms with van der Waals surface area (Å²) >= 11 is 6.82. The summed E-state index contributed by atoms with van der Waals surface area (Å²) in [5.41, 5.74) is 3.72. The summed E-state index contributed by atoms with van der Waals surface area (Å²) in [6, 6.07) is 10.1. The molecule has 168 valence electrons.